The van der Waals surface area contributed by atoms with Crippen molar-refractivity contribution in [3.8, 4) is 0 Å². The van der Waals surface area contributed by atoms with Crippen LogP contribution in [0.1, 0.15) is 67.6 Å². The number of hydrogen-bond acceptors (Lipinski definition) is 6. The second-order valence-electron chi connectivity index (χ2n) is 11.6. The average molecular weight is 555 g/mol. The Balaban J connectivity index is 1.49. The average Bonchev–Trinajstić information content (AvgIpc) is 2.96. The van der Waals surface area contributed by atoms with Crippen molar-refractivity contribution < 1.29 is 9.59 Å². The van der Waals surface area contributed by atoms with Crippen molar-refractivity contribution in [1.82, 2.24) is 20.5 Å². The first kappa shape index (κ1) is 29.9. The smallest absolute Gasteiger partial charge is 0.251 e. The minimum absolute atomic E-state index is 0.0518. The Labute approximate surface area is 243 Å². The van der Waals surface area contributed by atoms with Gasteiger partial charge in [0.15, 0.2) is 0 Å². The number of nitrogens with one attached hydrogen (secondary N) is 3. The van der Waals surface area contributed by atoms with E-state index in [4.69, 9.17) is 11.1 Å². The van der Waals surface area contributed by atoms with Gasteiger partial charge in [0.1, 0.15) is 0 Å². The number of nitrogens with zero attached hydrogens (tertiary/aromatic N) is 2. The lowest BCUT2D eigenvalue weighted by molar-refractivity contribution is -0.129. The molecule has 8 nitrogen and oxygen atoms in total. The molecule has 8 heteroatoms. The number of carbonyl (C=O) groups excluding carboxylic acids is 2. The number of nitrogens with two attached hydrogens (primary N) is 1. The molecule has 4 rings (SSSR count). The summed E-state index contributed by atoms with van der Waals surface area (Å²) >= 11 is 0. The van der Waals surface area contributed by atoms with Gasteiger partial charge in [-0.05, 0) is 60.6 Å². The summed E-state index contributed by atoms with van der Waals surface area (Å²) < 4.78 is 0. The van der Waals surface area contributed by atoms with Gasteiger partial charge >= 0.3 is 0 Å². The molecule has 216 valence electrons. The maximum Gasteiger partial charge on any atom is 0.251 e. The van der Waals surface area contributed by atoms with E-state index < -0.39 is 0 Å². The number of anilines is 1. The predicted octanol–water partition coefficient (Wildman–Crippen LogP) is 4.64. The highest BCUT2D eigenvalue weighted by molar-refractivity contribution is 6.14. The van der Waals surface area contributed by atoms with E-state index in [0.717, 1.165) is 5.56 Å². The standard InChI is InChI=1S/C33H42N6O2/c1-21(2)31(22(3)4)38-33(41)29-13-11-26(20-39(29)19-23-8-6-5-7-9-23)37-32(40)25-10-12-28(34)27(18-25)30(35)24-14-16-36-17-15-24/h5-10,12,14-18,21-22,26,29,31,35H,11,13,19-20,34H2,1-4H3,(H,37,40)(H,38,41)/t26-,29+/m1/s1. The maximum atomic E-state index is 13.5. The van der Waals surface area contributed by atoms with Crippen LogP contribution in [-0.4, -0.2) is 52.1 Å². The highest BCUT2D eigenvalue weighted by Gasteiger charge is 2.35. The minimum atomic E-state index is -0.271. The number of amides is 2. The Kier molecular flexibility index (Phi) is 9.89. The summed E-state index contributed by atoms with van der Waals surface area (Å²) in [6, 6.07) is 18.3. The molecule has 1 aliphatic rings. The lowest BCUT2D eigenvalue weighted by Crippen LogP contribution is -2.58. The van der Waals surface area contributed by atoms with Crippen LogP contribution in [0.5, 0.6) is 0 Å². The van der Waals surface area contributed by atoms with Gasteiger partial charge in [0, 0.05) is 59.9 Å². The number of rotatable bonds is 10. The molecule has 2 heterocycles. The lowest BCUT2D eigenvalue weighted by atomic mass is 9.91. The molecular weight excluding hydrogens is 512 g/mol. The normalized spacial score (nSPS) is 17.5. The number of aromatic nitrogens is 1. The van der Waals surface area contributed by atoms with Crippen LogP contribution in [0.15, 0.2) is 73.1 Å². The third-order valence-corrected chi connectivity index (χ3v) is 7.85. The minimum Gasteiger partial charge on any atom is -0.398 e. The van der Waals surface area contributed by atoms with E-state index in [1.807, 2.05) is 18.2 Å². The fraction of sp³-hybridized carbons (Fsp3) is 0.394. The van der Waals surface area contributed by atoms with E-state index in [1.54, 1.807) is 42.7 Å². The molecule has 0 spiro atoms. The predicted molar refractivity (Wildman–Crippen MR) is 164 cm³/mol. The van der Waals surface area contributed by atoms with E-state index in [9.17, 15) is 9.59 Å². The Hall–Kier alpha value is -4.04. The van der Waals surface area contributed by atoms with Gasteiger partial charge in [-0.3, -0.25) is 24.9 Å². The SMILES string of the molecule is CC(C)C(NC(=O)[C@@H]1CC[C@@H](NC(=O)c2ccc(N)c(C(=N)c3ccncc3)c2)CN1Cc1ccccc1)C(C)C. The van der Waals surface area contributed by atoms with Crippen molar-refractivity contribution in [2.45, 2.75) is 65.2 Å². The van der Waals surface area contributed by atoms with Gasteiger partial charge in [0.05, 0.1) is 11.8 Å². The Bertz CT molecular complexity index is 1330. The zero-order valence-corrected chi connectivity index (χ0v) is 24.4. The molecule has 41 heavy (non-hydrogen) atoms. The summed E-state index contributed by atoms with van der Waals surface area (Å²) in [7, 11) is 0. The molecule has 2 atom stereocenters. The molecule has 1 saturated heterocycles. The number of likely N-dealkylation sites (tertiary alicyclic amines) is 1. The summed E-state index contributed by atoms with van der Waals surface area (Å²) in [5.74, 6) is 0.501. The van der Waals surface area contributed by atoms with Crippen molar-refractivity contribution in [3.63, 3.8) is 0 Å². The molecule has 5 N–H and O–H groups in total. The zero-order valence-electron chi connectivity index (χ0n) is 24.4. The summed E-state index contributed by atoms with van der Waals surface area (Å²) in [6.07, 6.45) is 4.59. The molecule has 0 aliphatic carbocycles. The molecule has 1 aliphatic heterocycles. The first-order valence-corrected chi connectivity index (χ1v) is 14.4. The van der Waals surface area contributed by atoms with Crippen LogP contribution in [-0.2, 0) is 11.3 Å². The molecule has 1 fully saturated rings. The summed E-state index contributed by atoms with van der Waals surface area (Å²) in [5.41, 5.74) is 9.60. The van der Waals surface area contributed by atoms with Crippen LogP contribution >= 0.6 is 0 Å². The van der Waals surface area contributed by atoms with Gasteiger partial charge in [0.25, 0.3) is 5.91 Å². The quantitative estimate of drug-likeness (QED) is 0.215. The van der Waals surface area contributed by atoms with E-state index >= 15 is 0 Å². The Morgan fingerprint density at radius 2 is 1.66 bits per heavy atom. The molecular formula is C33H42N6O2. The largest absolute Gasteiger partial charge is 0.398 e. The topological polar surface area (TPSA) is 124 Å². The number of piperidine rings is 1. The van der Waals surface area contributed by atoms with E-state index in [2.05, 4.69) is 60.3 Å². The van der Waals surface area contributed by atoms with Crippen molar-refractivity contribution in [3.05, 3.63) is 95.3 Å². The summed E-state index contributed by atoms with van der Waals surface area (Å²) in [5, 5.41) is 15.1. The Morgan fingerprint density at radius 3 is 2.32 bits per heavy atom. The number of hydrogen-bond donors (Lipinski definition) is 4. The second kappa shape index (κ2) is 13.5. The van der Waals surface area contributed by atoms with Crippen LogP contribution in [0, 0.1) is 17.2 Å². The fourth-order valence-corrected chi connectivity index (χ4v) is 5.67. The van der Waals surface area contributed by atoms with Gasteiger partial charge in [-0.2, -0.15) is 0 Å². The molecule has 2 amide bonds. The van der Waals surface area contributed by atoms with Crippen LogP contribution in [0.2, 0.25) is 0 Å². The first-order valence-electron chi connectivity index (χ1n) is 14.4. The van der Waals surface area contributed by atoms with E-state index in [0.29, 0.717) is 60.1 Å². The number of benzene rings is 2. The van der Waals surface area contributed by atoms with Crippen molar-refractivity contribution in [1.29, 1.82) is 5.41 Å². The lowest BCUT2D eigenvalue weighted by Gasteiger charge is -2.40. The molecule has 0 bridgehead atoms. The molecule has 0 radical (unpaired) electrons. The molecule has 1 aromatic heterocycles. The molecule has 0 unspecified atom stereocenters. The summed E-state index contributed by atoms with van der Waals surface area (Å²) in [6.45, 7) is 9.73. The van der Waals surface area contributed by atoms with Gasteiger partial charge < -0.3 is 16.4 Å². The van der Waals surface area contributed by atoms with E-state index in [1.165, 1.54) is 0 Å². The summed E-state index contributed by atoms with van der Waals surface area (Å²) in [4.78, 5) is 33.1. The Morgan fingerprint density at radius 1 is 0.976 bits per heavy atom. The van der Waals surface area contributed by atoms with Crippen LogP contribution < -0.4 is 16.4 Å². The van der Waals surface area contributed by atoms with Gasteiger partial charge in [-0.1, -0.05) is 58.0 Å². The molecule has 2 aromatic carbocycles. The molecule has 0 saturated carbocycles. The van der Waals surface area contributed by atoms with Crippen molar-refractivity contribution >= 4 is 23.2 Å². The molecule has 3 aromatic rings. The number of pyridine rings is 1. The number of carbonyl (C=O) groups is 2. The maximum absolute atomic E-state index is 13.5. The highest BCUT2D eigenvalue weighted by Crippen LogP contribution is 2.23. The third-order valence-electron chi connectivity index (χ3n) is 7.85. The zero-order chi connectivity index (χ0) is 29.5. The van der Waals surface area contributed by atoms with E-state index in [-0.39, 0.29) is 35.7 Å². The van der Waals surface area contributed by atoms with Gasteiger partial charge in [-0.15, -0.1) is 0 Å². The first-order chi connectivity index (χ1) is 19.6. The number of nitrogen functional groups attached to an aromatic ring is 1. The third kappa shape index (κ3) is 7.58. The fourth-order valence-electron chi connectivity index (χ4n) is 5.67. The van der Waals surface area contributed by atoms with Gasteiger partial charge in [0.2, 0.25) is 5.91 Å². The van der Waals surface area contributed by atoms with Crippen LogP contribution in [0.3, 0.4) is 0 Å². The van der Waals surface area contributed by atoms with Crippen molar-refractivity contribution in [2.24, 2.45) is 11.8 Å². The second-order valence-corrected chi connectivity index (χ2v) is 11.6. The highest BCUT2D eigenvalue weighted by atomic mass is 16.2. The van der Waals surface area contributed by atoms with Crippen LogP contribution in [0.25, 0.3) is 0 Å². The van der Waals surface area contributed by atoms with Crippen LogP contribution in [0.4, 0.5) is 5.69 Å². The van der Waals surface area contributed by atoms with Crippen molar-refractivity contribution in [2.75, 3.05) is 12.3 Å². The van der Waals surface area contributed by atoms with Gasteiger partial charge in [-0.25, -0.2) is 0 Å². The monoisotopic (exact) mass is 554 g/mol.